The van der Waals surface area contributed by atoms with Crippen molar-refractivity contribution in [2.24, 2.45) is 7.05 Å². The van der Waals surface area contributed by atoms with Gasteiger partial charge in [0.15, 0.2) is 0 Å². The summed E-state index contributed by atoms with van der Waals surface area (Å²) in [6, 6.07) is 9.31. The number of aromatic nitrogens is 3. The van der Waals surface area contributed by atoms with Gasteiger partial charge in [0.05, 0.1) is 11.2 Å². The van der Waals surface area contributed by atoms with E-state index in [0.29, 0.717) is 11.6 Å². The van der Waals surface area contributed by atoms with Crippen molar-refractivity contribution in [3.8, 4) is 11.6 Å². The summed E-state index contributed by atoms with van der Waals surface area (Å²) in [6.07, 6.45) is 1.71. The topological polar surface area (TPSA) is 66.0 Å². The second-order valence-corrected chi connectivity index (χ2v) is 4.44. The molecule has 96 valence electrons. The highest BCUT2D eigenvalue weighted by Gasteiger charge is 2.08. The molecule has 2 N–H and O–H groups in total. The van der Waals surface area contributed by atoms with E-state index >= 15 is 0 Å². The van der Waals surface area contributed by atoms with Gasteiger partial charge in [-0.25, -0.2) is 4.68 Å². The lowest BCUT2D eigenvalue weighted by atomic mass is 10.2. The van der Waals surface area contributed by atoms with E-state index in [2.05, 4.69) is 10.1 Å². The van der Waals surface area contributed by atoms with Gasteiger partial charge in [-0.15, -0.1) is 0 Å². The summed E-state index contributed by atoms with van der Waals surface area (Å²) in [5.41, 5.74) is 8.18. The third kappa shape index (κ3) is 2.10. The summed E-state index contributed by atoms with van der Waals surface area (Å²) in [6.45, 7) is 1.93. The van der Waals surface area contributed by atoms with Crippen LogP contribution in [0, 0.1) is 6.92 Å². The molecule has 2 aromatic heterocycles. The number of nitrogens with zero attached hydrogens (tertiary/aromatic N) is 3. The number of benzene rings is 1. The van der Waals surface area contributed by atoms with Crippen LogP contribution >= 0.6 is 0 Å². The molecule has 3 aromatic rings. The third-order valence-electron chi connectivity index (χ3n) is 2.90. The zero-order valence-electron chi connectivity index (χ0n) is 10.8. The average Bonchev–Trinajstić information content (AvgIpc) is 2.68. The Morgan fingerprint density at radius 3 is 2.79 bits per heavy atom. The van der Waals surface area contributed by atoms with Crippen LogP contribution in [-0.4, -0.2) is 14.8 Å². The largest absolute Gasteiger partial charge is 0.439 e. The molecule has 0 fully saturated rings. The summed E-state index contributed by atoms with van der Waals surface area (Å²) in [7, 11) is 1.85. The Labute approximate surface area is 110 Å². The van der Waals surface area contributed by atoms with Crippen LogP contribution in [-0.2, 0) is 7.05 Å². The van der Waals surface area contributed by atoms with Crippen LogP contribution in [0.25, 0.3) is 10.9 Å². The Morgan fingerprint density at radius 1 is 1.21 bits per heavy atom. The highest BCUT2D eigenvalue weighted by molar-refractivity contribution is 5.87. The van der Waals surface area contributed by atoms with Crippen molar-refractivity contribution in [2.75, 3.05) is 5.73 Å². The fraction of sp³-hybridized carbons (Fsp3) is 0.143. The molecule has 0 aliphatic heterocycles. The van der Waals surface area contributed by atoms with Crippen molar-refractivity contribution in [1.82, 2.24) is 14.8 Å². The summed E-state index contributed by atoms with van der Waals surface area (Å²) in [4.78, 5) is 4.29. The average molecular weight is 254 g/mol. The van der Waals surface area contributed by atoms with Gasteiger partial charge >= 0.3 is 0 Å². The van der Waals surface area contributed by atoms with Crippen LogP contribution in [0.15, 0.2) is 36.5 Å². The van der Waals surface area contributed by atoms with E-state index < -0.39 is 0 Å². The minimum Gasteiger partial charge on any atom is -0.439 e. The number of aryl methyl sites for hydroxylation is 2. The second kappa shape index (κ2) is 4.28. The van der Waals surface area contributed by atoms with Crippen LogP contribution in [0.4, 0.5) is 5.69 Å². The highest BCUT2D eigenvalue weighted by Crippen LogP contribution is 2.29. The van der Waals surface area contributed by atoms with Crippen molar-refractivity contribution in [2.45, 2.75) is 6.92 Å². The zero-order chi connectivity index (χ0) is 13.4. The maximum Gasteiger partial charge on any atom is 0.217 e. The lowest BCUT2D eigenvalue weighted by molar-refractivity contribution is 0.434. The molecule has 0 unspecified atom stereocenters. The maximum absolute atomic E-state index is 5.90. The van der Waals surface area contributed by atoms with Crippen molar-refractivity contribution < 1.29 is 4.74 Å². The summed E-state index contributed by atoms with van der Waals surface area (Å²) < 4.78 is 7.61. The first-order valence-corrected chi connectivity index (χ1v) is 5.96. The highest BCUT2D eigenvalue weighted by atomic mass is 16.5. The Balaban J connectivity index is 2.08. The van der Waals surface area contributed by atoms with Gasteiger partial charge in [-0.3, -0.25) is 4.98 Å². The maximum atomic E-state index is 5.90. The Hall–Kier alpha value is -2.56. The van der Waals surface area contributed by atoms with Crippen LogP contribution in [0.5, 0.6) is 11.6 Å². The van der Waals surface area contributed by atoms with Crippen molar-refractivity contribution in [3.63, 3.8) is 0 Å². The molecule has 0 bridgehead atoms. The molecule has 5 heteroatoms. The first-order valence-electron chi connectivity index (χ1n) is 5.96. The number of anilines is 1. The van der Waals surface area contributed by atoms with E-state index in [-0.39, 0.29) is 0 Å². The number of hydrogen-bond acceptors (Lipinski definition) is 4. The van der Waals surface area contributed by atoms with Gasteiger partial charge in [-0.1, -0.05) is 0 Å². The number of hydrogen-bond donors (Lipinski definition) is 1. The van der Waals surface area contributed by atoms with E-state index in [9.17, 15) is 0 Å². The fourth-order valence-electron chi connectivity index (χ4n) is 2.02. The predicted octanol–water partition coefficient (Wildman–Crippen LogP) is 2.65. The quantitative estimate of drug-likeness (QED) is 0.714. The van der Waals surface area contributed by atoms with Gasteiger partial charge < -0.3 is 10.5 Å². The van der Waals surface area contributed by atoms with E-state index in [0.717, 1.165) is 22.3 Å². The van der Waals surface area contributed by atoms with Crippen molar-refractivity contribution in [1.29, 1.82) is 0 Å². The van der Waals surface area contributed by atoms with E-state index in [4.69, 9.17) is 10.5 Å². The lowest BCUT2D eigenvalue weighted by Gasteiger charge is -2.08. The first-order chi connectivity index (χ1) is 9.13. The molecule has 2 heterocycles. The minimum absolute atomic E-state index is 0.688. The van der Waals surface area contributed by atoms with Crippen LogP contribution in [0.3, 0.4) is 0 Å². The molecule has 5 nitrogen and oxygen atoms in total. The smallest absolute Gasteiger partial charge is 0.217 e. The molecule has 1 aromatic carbocycles. The van der Waals surface area contributed by atoms with Crippen LogP contribution in [0.2, 0.25) is 0 Å². The Bertz CT molecular complexity index is 748. The summed E-state index contributed by atoms with van der Waals surface area (Å²) >= 11 is 0. The van der Waals surface area contributed by atoms with Gasteiger partial charge in [0.1, 0.15) is 5.75 Å². The monoisotopic (exact) mass is 254 g/mol. The number of nitrogens with two attached hydrogens (primary N) is 1. The van der Waals surface area contributed by atoms with E-state index in [1.807, 2.05) is 44.3 Å². The number of rotatable bonds is 2. The molecule has 3 rings (SSSR count). The van der Waals surface area contributed by atoms with E-state index in [1.54, 1.807) is 10.9 Å². The minimum atomic E-state index is 0.688. The van der Waals surface area contributed by atoms with Gasteiger partial charge in [-0.2, -0.15) is 5.10 Å². The van der Waals surface area contributed by atoms with Gasteiger partial charge in [0.25, 0.3) is 0 Å². The molecule has 0 atom stereocenters. The number of nitrogen functional groups attached to an aromatic ring is 1. The van der Waals surface area contributed by atoms with Crippen molar-refractivity contribution in [3.05, 3.63) is 42.2 Å². The molecule has 0 radical (unpaired) electrons. The fourth-order valence-corrected chi connectivity index (χ4v) is 2.02. The molecule has 0 saturated carbocycles. The SMILES string of the molecule is Cc1cc(Oc2ccnc3cc(N)ccc23)n(C)n1. The normalized spacial score (nSPS) is 10.8. The third-order valence-corrected chi connectivity index (χ3v) is 2.90. The molecule has 0 aliphatic rings. The summed E-state index contributed by atoms with van der Waals surface area (Å²) in [5, 5.41) is 5.18. The lowest BCUT2D eigenvalue weighted by Crippen LogP contribution is -1.96. The molecule has 0 amide bonds. The van der Waals surface area contributed by atoms with Crippen LogP contribution < -0.4 is 10.5 Å². The Kier molecular flexibility index (Phi) is 2.59. The van der Waals surface area contributed by atoms with Crippen LogP contribution in [0.1, 0.15) is 5.69 Å². The molecular formula is C14H14N4O. The zero-order valence-corrected chi connectivity index (χ0v) is 10.8. The Morgan fingerprint density at radius 2 is 2.05 bits per heavy atom. The summed E-state index contributed by atoms with van der Waals surface area (Å²) in [5.74, 6) is 1.44. The molecule has 0 saturated heterocycles. The van der Waals surface area contributed by atoms with Crippen molar-refractivity contribution >= 4 is 16.6 Å². The standard InChI is InChI=1S/C14H14N4O/c1-9-7-14(18(2)17-9)19-13-5-6-16-12-8-10(15)3-4-11(12)13/h3-8H,15H2,1-2H3. The molecular weight excluding hydrogens is 240 g/mol. The number of pyridine rings is 1. The molecule has 19 heavy (non-hydrogen) atoms. The second-order valence-electron chi connectivity index (χ2n) is 4.44. The van der Waals surface area contributed by atoms with Gasteiger partial charge in [0.2, 0.25) is 5.88 Å². The number of ether oxygens (including phenoxy) is 1. The van der Waals surface area contributed by atoms with E-state index in [1.165, 1.54) is 0 Å². The van der Waals surface area contributed by atoms with Gasteiger partial charge in [0, 0.05) is 30.4 Å². The number of fused-ring (bicyclic) bond motifs is 1. The van der Waals surface area contributed by atoms with Gasteiger partial charge in [-0.05, 0) is 31.2 Å². The predicted molar refractivity (Wildman–Crippen MR) is 74.2 cm³/mol. The molecule has 0 aliphatic carbocycles. The first kappa shape index (κ1) is 11.5. The molecule has 0 spiro atoms.